The predicted molar refractivity (Wildman–Crippen MR) is 118 cm³/mol. The van der Waals surface area contributed by atoms with E-state index < -0.39 is 11.9 Å². The summed E-state index contributed by atoms with van der Waals surface area (Å²) in [6.07, 6.45) is 0.764. The number of aromatic hydroxyl groups is 1. The van der Waals surface area contributed by atoms with Crippen LogP contribution in [0.4, 0.5) is 0 Å². The lowest BCUT2D eigenvalue weighted by Crippen LogP contribution is -2.29. The van der Waals surface area contributed by atoms with Gasteiger partial charge in [0.15, 0.2) is 0 Å². The van der Waals surface area contributed by atoms with E-state index in [1.807, 2.05) is 24.3 Å². The molecule has 1 saturated heterocycles. The third kappa shape index (κ3) is 4.22. The maximum absolute atomic E-state index is 12.4. The van der Waals surface area contributed by atoms with Gasteiger partial charge in [-0.05, 0) is 79.9 Å². The molecule has 6 nitrogen and oxygen atoms in total. The summed E-state index contributed by atoms with van der Waals surface area (Å²) in [5.74, 6) is -1.02. The number of esters is 1. The number of phenols is 1. The standard InChI is InChI=1S/C26H24O6/c1-25(2)15-26(16-31-25,19-7-11-21(27)12-8-19)20-9-13-22(14-10-20)32-24(30)18-5-3-17(4-6-18)23(28)29/h3-14,27H,15-16H2,1-2H3,(H,28,29). The van der Waals surface area contributed by atoms with Crippen LogP contribution in [0.1, 0.15) is 52.1 Å². The van der Waals surface area contributed by atoms with Crippen LogP contribution in [-0.2, 0) is 10.2 Å². The zero-order valence-electron chi connectivity index (χ0n) is 17.9. The molecule has 0 bridgehead atoms. The molecule has 4 rings (SSSR count). The second-order valence-corrected chi connectivity index (χ2v) is 8.65. The number of phenolic OH excluding ortho intramolecular Hbond substituents is 1. The lowest BCUT2D eigenvalue weighted by Gasteiger charge is -2.30. The quantitative estimate of drug-likeness (QED) is 0.445. The maximum atomic E-state index is 12.4. The van der Waals surface area contributed by atoms with Gasteiger partial charge in [-0.2, -0.15) is 0 Å². The van der Waals surface area contributed by atoms with E-state index in [9.17, 15) is 14.7 Å². The lowest BCUT2D eigenvalue weighted by molar-refractivity contribution is 0.0348. The third-order valence-electron chi connectivity index (χ3n) is 5.84. The number of carbonyl (C=O) groups is 2. The van der Waals surface area contributed by atoms with Crippen LogP contribution in [0.2, 0.25) is 0 Å². The smallest absolute Gasteiger partial charge is 0.343 e. The second kappa shape index (κ2) is 8.13. The minimum Gasteiger partial charge on any atom is -0.508 e. The Balaban J connectivity index is 1.57. The normalized spacial score (nSPS) is 19.4. The van der Waals surface area contributed by atoms with Crippen molar-refractivity contribution in [2.45, 2.75) is 31.3 Å². The van der Waals surface area contributed by atoms with Gasteiger partial charge >= 0.3 is 11.9 Å². The highest BCUT2D eigenvalue weighted by Crippen LogP contribution is 2.47. The molecule has 32 heavy (non-hydrogen) atoms. The second-order valence-electron chi connectivity index (χ2n) is 8.65. The first-order valence-electron chi connectivity index (χ1n) is 10.3. The van der Waals surface area contributed by atoms with E-state index in [4.69, 9.17) is 14.6 Å². The van der Waals surface area contributed by atoms with Crippen molar-refractivity contribution in [3.05, 3.63) is 95.1 Å². The van der Waals surface area contributed by atoms with Crippen molar-refractivity contribution in [2.24, 2.45) is 0 Å². The first-order chi connectivity index (χ1) is 15.2. The van der Waals surface area contributed by atoms with Gasteiger partial charge in [-0.1, -0.05) is 24.3 Å². The molecule has 1 fully saturated rings. The van der Waals surface area contributed by atoms with Gasteiger partial charge in [0.05, 0.1) is 23.3 Å². The highest BCUT2D eigenvalue weighted by molar-refractivity contribution is 5.93. The Hall–Kier alpha value is -3.64. The molecule has 6 heteroatoms. The molecule has 164 valence electrons. The molecule has 2 N–H and O–H groups in total. The van der Waals surface area contributed by atoms with E-state index in [1.165, 1.54) is 24.3 Å². The zero-order valence-corrected chi connectivity index (χ0v) is 17.9. The number of benzene rings is 3. The average Bonchev–Trinajstić information content (AvgIpc) is 3.11. The van der Waals surface area contributed by atoms with Crippen LogP contribution in [0.15, 0.2) is 72.8 Å². The van der Waals surface area contributed by atoms with E-state index >= 15 is 0 Å². The van der Waals surface area contributed by atoms with Crippen LogP contribution in [0.5, 0.6) is 11.5 Å². The number of carboxylic acids is 1. The van der Waals surface area contributed by atoms with Crippen LogP contribution >= 0.6 is 0 Å². The molecule has 1 unspecified atom stereocenters. The van der Waals surface area contributed by atoms with Crippen molar-refractivity contribution in [1.29, 1.82) is 0 Å². The molecular formula is C26H24O6. The monoisotopic (exact) mass is 432 g/mol. The fourth-order valence-electron chi connectivity index (χ4n) is 4.22. The average molecular weight is 432 g/mol. The van der Waals surface area contributed by atoms with Crippen molar-refractivity contribution in [1.82, 2.24) is 0 Å². The molecule has 1 heterocycles. The van der Waals surface area contributed by atoms with Gasteiger partial charge in [0.1, 0.15) is 11.5 Å². The first-order valence-corrected chi connectivity index (χ1v) is 10.3. The lowest BCUT2D eigenvalue weighted by atomic mass is 9.71. The molecule has 3 aromatic carbocycles. The summed E-state index contributed by atoms with van der Waals surface area (Å²) in [5.41, 5.74) is 1.76. The minimum absolute atomic E-state index is 0.104. The minimum atomic E-state index is -1.05. The number of rotatable bonds is 5. The fraction of sp³-hybridized carbons (Fsp3) is 0.231. The summed E-state index contributed by atoms with van der Waals surface area (Å²) in [6.45, 7) is 4.61. The number of ether oxygens (including phenoxy) is 2. The Bertz CT molecular complexity index is 1130. The Morgan fingerprint density at radius 3 is 1.88 bits per heavy atom. The summed E-state index contributed by atoms with van der Waals surface area (Å²) >= 11 is 0. The largest absolute Gasteiger partial charge is 0.508 e. The number of aromatic carboxylic acids is 1. The number of carbonyl (C=O) groups excluding carboxylic acids is 1. The summed E-state index contributed by atoms with van der Waals surface area (Å²) in [5, 5.41) is 18.7. The van der Waals surface area contributed by atoms with Crippen LogP contribution < -0.4 is 4.74 Å². The third-order valence-corrected chi connectivity index (χ3v) is 5.84. The molecule has 1 aliphatic heterocycles. The van der Waals surface area contributed by atoms with Gasteiger partial charge in [-0.15, -0.1) is 0 Å². The zero-order chi connectivity index (χ0) is 22.9. The SMILES string of the molecule is CC1(C)CC(c2ccc(O)cc2)(c2ccc(OC(=O)c3ccc(C(=O)O)cc3)cc2)CO1. The highest BCUT2D eigenvalue weighted by Gasteiger charge is 2.46. The Morgan fingerprint density at radius 2 is 1.38 bits per heavy atom. The highest BCUT2D eigenvalue weighted by atomic mass is 16.5. The maximum Gasteiger partial charge on any atom is 0.343 e. The van der Waals surface area contributed by atoms with Gasteiger partial charge in [0, 0.05) is 5.41 Å². The van der Waals surface area contributed by atoms with Crippen LogP contribution in [0.25, 0.3) is 0 Å². The van der Waals surface area contributed by atoms with Gasteiger partial charge in [-0.25, -0.2) is 9.59 Å². The van der Waals surface area contributed by atoms with E-state index in [-0.39, 0.29) is 27.9 Å². The molecule has 3 aromatic rings. The summed E-state index contributed by atoms with van der Waals surface area (Å²) in [6, 6.07) is 20.1. The fourth-order valence-corrected chi connectivity index (χ4v) is 4.22. The van der Waals surface area contributed by atoms with Crippen LogP contribution in [0, 0.1) is 0 Å². The summed E-state index contributed by atoms with van der Waals surface area (Å²) in [4.78, 5) is 23.4. The Labute approximate surface area is 186 Å². The van der Waals surface area contributed by atoms with E-state index in [0.717, 1.165) is 17.5 Å². The number of hydrogen-bond acceptors (Lipinski definition) is 5. The molecule has 0 aromatic heterocycles. The molecular weight excluding hydrogens is 408 g/mol. The van der Waals surface area contributed by atoms with Gasteiger partial charge < -0.3 is 19.7 Å². The number of hydrogen-bond donors (Lipinski definition) is 2. The number of carboxylic acid groups (broad SMARTS) is 1. The molecule has 0 aliphatic carbocycles. The van der Waals surface area contributed by atoms with Crippen molar-refractivity contribution in [3.63, 3.8) is 0 Å². The molecule has 1 atom stereocenters. The van der Waals surface area contributed by atoms with Gasteiger partial charge in [-0.3, -0.25) is 0 Å². The topological polar surface area (TPSA) is 93.1 Å². The van der Waals surface area contributed by atoms with Crippen molar-refractivity contribution in [2.75, 3.05) is 6.61 Å². The Kier molecular flexibility index (Phi) is 5.48. The molecule has 0 amide bonds. The predicted octanol–water partition coefficient (Wildman–Crippen LogP) is 4.79. The molecule has 0 saturated carbocycles. The summed E-state index contributed by atoms with van der Waals surface area (Å²) in [7, 11) is 0. The van der Waals surface area contributed by atoms with Crippen molar-refractivity contribution >= 4 is 11.9 Å². The van der Waals surface area contributed by atoms with Crippen LogP contribution in [0.3, 0.4) is 0 Å². The van der Waals surface area contributed by atoms with E-state index in [1.54, 1.807) is 24.3 Å². The van der Waals surface area contributed by atoms with Gasteiger partial charge in [0.2, 0.25) is 0 Å². The molecule has 0 spiro atoms. The molecule has 0 radical (unpaired) electrons. The van der Waals surface area contributed by atoms with Crippen molar-refractivity contribution < 1.29 is 29.3 Å². The van der Waals surface area contributed by atoms with Crippen molar-refractivity contribution in [3.8, 4) is 11.5 Å². The molecule has 1 aliphatic rings. The van der Waals surface area contributed by atoms with E-state index in [0.29, 0.717) is 12.4 Å². The van der Waals surface area contributed by atoms with Gasteiger partial charge in [0.25, 0.3) is 0 Å². The van der Waals surface area contributed by atoms with E-state index in [2.05, 4.69) is 13.8 Å². The summed E-state index contributed by atoms with van der Waals surface area (Å²) < 4.78 is 11.5. The van der Waals surface area contributed by atoms with Crippen LogP contribution in [-0.4, -0.2) is 34.4 Å². The Morgan fingerprint density at radius 1 is 0.844 bits per heavy atom. The first kappa shape index (κ1) is 21.6.